The second kappa shape index (κ2) is 7.78. The summed E-state index contributed by atoms with van der Waals surface area (Å²) in [5, 5.41) is 9.12. The Kier molecular flexibility index (Phi) is 5.04. The van der Waals surface area contributed by atoms with Crippen LogP contribution in [0.2, 0.25) is 0 Å². The summed E-state index contributed by atoms with van der Waals surface area (Å²) in [6.45, 7) is 3.92. The Bertz CT molecular complexity index is 1150. The minimum Gasteiger partial charge on any atom is -0.329 e. The molecule has 6 heteroatoms. The predicted molar refractivity (Wildman–Crippen MR) is 116 cm³/mol. The minimum atomic E-state index is -0.171. The number of pyridine rings is 1. The van der Waals surface area contributed by atoms with Crippen LogP contribution in [-0.2, 0) is 6.42 Å². The lowest BCUT2D eigenvalue weighted by atomic mass is 10.1. The molecule has 0 aliphatic rings. The van der Waals surface area contributed by atoms with Crippen LogP contribution in [0.1, 0.15) is 28.5 Å². The molecule has 2 aromatic heterocycles. The van der Waals surface area contributed by atoms with E-state index >= 15 is 0 Å². The van der Waals surface area contributed by atoms with E-state index in [1.54, 1.807) is 6.20 Å². The molecule has 2 N–H and O–H groups in total. The van der Waals surface area contributed by atoms with Crippen molar-refractivity contribution < 1.29 is 4.79 Å². The first-order valence-electron chi connectivity index (χ1n) is 9.13. The number of nitrogens with one attached hydrogen (secondary N) is 2. The molecule has 2 aromatic carbocycles. The smallest absolute Gasteiger partial charge is 0.260 e. The first-order valence-corrected chi connectivity index (χ1v) is 9.91. The SMILES string of the molecule is CCc1ccccc1NC(=O)c1c(C)nsc1Nc1nccc2ccccc12. The van der Waals surface area contributed by atoms with Crippen LogP contribution in [-0.4, -0.2) is 15.3 Å². The number of para-hydroxylation sites is 1. The third-order valence-corrected chi connectivity index (χ3v) is 5.50. The van der Waals surface area contributed by atoms with Crippen LogP contribution in [0.4, 0.5) is 16.5 Å². The number of anilines is 3. The van der Waals surface area contributed by atoms with Crippen LogP contribution in [0.15, 0.2) is 60.8 Å². The van der Waals surface area contributed by atoms with Crippen molar-refractivity contribution in [3.05, 3.63) is 77.6 Å². The number of amides is 1. The summed E-state index contributed by atoms with van der Waals surface area (Å²) in [5.41, 5.74) is 3.17. The highest BCUT2D eigenvalue weighted by Crippen LogP contribution is 2.31. The van der Waals surface area contributed by atoms with Crippen molar-refractivity contribution in [2.24, 2.45) is 0 Å². The maximum absolute atomic E-state index is 13.0. The van der Waals surface area contributed by atoms with Gasteiger partial charge in [0, 0.05) is 17.3 Å². The zero-order valence-electron chi connectivity index (χ0n) is 15.7. The molecule has 2 heterocycles. The molecule has 0 saturated carbocycles. The number of fused-ring (bicyclic) bond motifs is 1. The summed E-state index contributed by atoms with van der Waals surface area (Å²) in [5.74, 6) is 0.541. The Morgan fingerprint density at radius 3 is 2.71 bits per heavy atom. The number of benzene rings is 2. The largest absolute Gasteiger partial charge is 0.329 e. The minimum absolute atomic E-state index is 0.171. The number of rotatable bonds is 5. The Morgan fingerprint density at radius 1 is 1.07 bits per heavy atom. The number of carbonyl (C=O) groups excluding carboxylic acids is 1. The standard InChI is InChI=1S/C22H20N4OS/c1-3-15-8-5-7-11-18(15)24-21(27)19-14(2)26-28-22(19)25-20-17-10-6-4-9-16(17)12-13-23-20/h4-13H,3H2,1-2H3,(H,23,25)(H,24,27). The molecular formula is C22H20N4OS. The Labute approximate surface area is 167 Å². The van der Waals surface area contributed by atoms with Crippen LogP contribution in [0.5, 0.6) is 0 Å². The van der Waals surface area contributed by atoms with Gasteiger partial charge in [-0.25, -0.2) is 4.98 Å². The summed E-state index contributed by atoms with van der Waals surface area (Å²) >= 11 is 1.27. The zero-order valence-corrected chi connectivity index (χ0v) is 16.5. The van der Waals surface area contributed by atoms with Gasteiger partial charge in [0.1, 0.15) is 10.8 Å². The molecule has 1 amide bonds. The van der Waals surface area contributed by atoms with E-state index in [1.807, 2.05) is 61.5 Å². The fourth-order valence-electron chi connectivity index (χ4n) is 3.18. The van der Waals surface area contributed by atoms with E-state index in [0.29, 0.717) is 22.1 Å². The molecule has 5 nitrogen and oxygen atoms in total. The van der Waals surface area contributed by atoms with Crippen molar-refractivity contribution in [1.29, 1.82) is 0 Å². The average molecular weight is 388 g/mol. The highest BCUT2D eigenvalue weighted by molar-refractivity contribution is 7.10. The van der Waals surface area contributed by atoms with E-state index in [0.717, 1.165) is 28.4 Å². The third-order valence-electron chi connectivity index (χ3n) is 4.64. The van der Waals surface area contributed by atoms with Crippen molar-refractivity contribution in [1.82, 2.24) is 9.36 Å². The van der Waals surface area contributed by atoms with Crippen molar-refractivity contribution >= 4 is 44.7 Å². The highest BCUT2D eigenvalue weighted by atomic mass is 32.1. The monoisotopic (exact) mass is 388 g/mol. The van der Waals surface area contributed by atoms with E-state index in [9.17, 15) is 4.79 Å². The van der Waals surface area contributed by atoms with E-state index < -0.39 is 0 Å². The molecule has 4 aromatic rings. The molecule has 4 rings (SSSR count). The molecule has 0 aliphatic heterocycles. The lowest BCUT2D eigenvalue weighted by Gasteiger charge is -2.12. The molecular weight excluding hydrogens is 368 g/mol. The first kappa shape index (κ1) is 18.1. The number of carbonyl (C=O) groups is 1. The van der Waals surface area contributed by atoms with Gasteiger partial charge in [-0.3, -0.25) is 4.79 Å². The predicted octanol–water partition coefficient (Wildman–Crippen LogP) is 5.56. The van der Waals surface area contributed by atoms with E-state index in [2.05, 4.69) is 26.9 Å². The van der Waals surface area contributed by atoms with Crippen molar-refractivity contribution in [3.8, 4) is 0 Å². The fraction of sp³-hybridized carbons (Fsp3) is 0.136. The number of nitrogens with zero attached hydrogens (tertiary/aromatic N) is 2. The molecule has 0 aliphatic carbocycles. The van der Waals surface area contributed by atoms with Crippen LogP contribution in [0.25, 0.3) is 10.8 Å². The van der Waals surface area contributed by atoms with Gasteiger partial charge in [0.25, 0.3) is 5.91 Å². The van der Waals surface area contributed by atoms with Crippen molar-refractivity contribution in [2.45, 2.75) is 20.3 Å². The second-order valence-electron chi connectivity index (χ2n) is 6.44. The van der Waals surface area contributed by atoms with E-state index in [-0.39, 0.29) is 5.91 Å². The van der Waals surface area contributed by atoms with Gasteiger partial charge in [0.2, 0.25) is 0 Å². The van der Waals surface area contributed by atoms with Gasteiger partial charge in [0.15, 0.2) is 0 Å². The van der Waals surface area contributed by atoms with Crippen LogP contribution >= 0.6 is 11.5 Å². The molecule has 28 heavy (non-hydrogen) atoms. The fourth-order valence-corrected chi connectivity index (χ4v) is 3.98. The third kappa shape index (κ3) is 3.46. The average Bonchev–Trinajstić information content (AvgIpc) is 3.09. The quantitative estimate of drug-likeness (QED) is 0.470. The molecule has 0 atom stereocenters. The van der Waals surface area contributed by atoms with Crippen LogP contribution in [0, 0.1) is 6.92 Å². The maximum atomic E-state index is 13.0. The van der Waals surface area contributed by atoms with Crippen LogP contribution < -0.4 is 10.6 Å². The van der Waals surface area contributed by atoms with Gasteiger partial charge in [-0.15, -0.1) is 0 Å². The van der Waals surface area contributed by atoms with Gasteiger partial charge in [-0.1, -0.05) is 49.4 Å². The Hall–Kier alpha value is -3.25. The Morgan fingerprint density at radius 2 is 1.86 bits per heavy atom. The summed E-state index contributed by atoms with van der Waals surface area (Å²) < 4.78 is 4.39. The van der Waals surface area contributed by atoms with Gasteiger partial charge in [-0.2, -0.15) is 4.37 Å². The first-order chi connectivity index (χ1) is 13.7. The lowest BCUT2D eigenvalue weighted by molar-refractivity contribution is 0.102. The Balaban J connectivity index is 1.67. The number of aryl methyl sites for hydroxylation is 2. The van der Waals surface area contributed by atoms with E-state index in [1.165, 1.54) is 11.5 Å². The van der Waals surface area contributed by atoms with Gasteiger partial charge >= 0.3 is 0 Å². The molecule has 140 valence electrons. The summed E-state index contributed by atoms with van der Waals surface area (Å²) in [4.78, 5) is 17.5. The second-order valence-corrected chi connectivity index (χ2v) is 7.22. The van der Waals surface area contributed by atoms with E-state index in [4.69, 9.17) is 0 Å². The zero-order chi connectivity index (χ0) is 19.5. The normalized spacial score (nSPS) is 10.8. The summed E-state index contributed by atoms with van der Waals surface area (Å²) in [6, 6.07) is 17.8. The lowest BCUT2D eigenvalue weighted by Crippen LogP contribution is -2.15. The molecule has 0 unspecified atom stereocenters. The molecule has 0 radical (unpaired) electrons. The molecule has 0 fully saturated rings. The topological polar surface area (TPSA) is 66.9 Å². The summed E-state index contributed by atoms with van der Waals surface area (Å²) in [7, 11) is 0. The van der Waals surface area contributed by atoms with Crippen molar-refractivity contribution in [3.63, 3.8) is 0 Å². The molecule has 0 saturated heterocycles. The molecule has 0 spiro atoms. The number of hydrogen-bond acceptors (Lipinski definition) is 5. The van der Waals surface area contributed by atoms with Gasteiger partial charge < -0.3 is 10.6 Å². The van der Waals surface area contributed by atoms with Crippen molar-refractivity contribution in [2.75, 3.05) is 10.6 Å². The molecule has 0 bridgehead atoms. The summed E-state index contributed by atoms with van der Waals surface area (Å²) in [6.07, 6.45) is 2.61. The number of aromatic nitrogens is 2. The van der Waals surface area contributed by atoms with Crippen LogP contribution in [0.3, 0.4) is 0 Å². The highest BCUT2D eigenvalue weighted by Gasteiger charge is 2.20. The number of hydrogen-bond donors (Lipinski definition) is 2. The van der Waals surface area contributed by atoms with Gasteiger partial charge in [-0.05, 0) is 48.0 Å². The maximum Gasteiger partial charge on any atom is 0.260 e. The van der Waals surface area contributed by atoms with Gasteiger partial charge in [0.05, 0.1) is 11.3 Å².